The number of hydrogen-bond acceptors (Lipinski definition) is 5. The van der Waals surface area contributed by atoms with Crippen molar-refractivity contribution in [3.63, 3.8) is 0 Å². The van der Waals surface area contributed by atoms with Crippen molar-refractivity contribution < 1.29 is 14.3 Å². The number of hydrogen-bond donors (Lipinski definition) is 2. The first kappa shape index (κ1) is 20.4. The molecular weight excluding hydrogens is 376 g/mol. The molecule has 154 valence electrons. The molecule has 0 aliphatic carbocycles. The zero-order valence-corrected chi connectivity index (χ0v) is 16.4. The highest BCUT2D eigenvalue weighted by molar-refractivity contribution is 5.89. The Morgan fingerprint density at radius 1 is 1.21 bits per heavy atom. The SMILES string of the molecule is CCOc1ccc(CC2C(=O)NCCN2C(=O)Cn2cc(C)c(=O)[nH]c2=O)cc1. The maximum atomic E-state index is 12.9. The molecule has 29 heavy (non-hydrogen) atoms. The number of aromatic amines is 1. The van der Waals surface area contributed by atoms with Crippen molar-refractivity contribution in [2.24, 2.45) is 0 Å². The highest BCUT2D eigenvalue weighted by Gasteiger charge is 2.33. The van der Waals surface area contributed by atoms with Crippen LogP contribution in [0.3, 0.4) is 0 Å². The van der Waals surface area contributed by atoms with Crippen molar-refractivity contribution in [3.8, 4) is 5.75 Å². The van der Waals surface area contributed by atoms with Gasteiger partial charge in [0, 0.05) is 31.3 Å². The monoisotopic (exact) mass is 400 g/mol. The Bertz CT molecular complexity index is 1010. The van der Waals surface area contributed by atoms with E-state index in [0.29, 0.717) is 31.7 Å². The molecule has 3 rings (SSSR count). The predicted octanol–water partition coefficient (Wildman–Crippen LogP) is -0.187. The van der Waals surface area contributed by atoms with Gasteiger partial charge in [-0.2, -0.15) is 0 Å². The summed E-state index contributed by atoms with van der Waals surface area (Å²) >= 11 is 0. The minimum atomic E-state index is -0.672. The van der Waals surface area contributed by atoms with E-state index in [9.17, 15) is 19.2 Å². The van der Waals surface area contributed by atoms with Gasteiger partial charge in [0.2, 0.25) is 11.8 Å². The number of benzene rings is 1. The summed E-state index contributed by atoms with van der Waals surface area (Å²) in [6.45, 7) is 4.48. The van der Waals surface area contributed by atoms with Crippen molar-refractivity contribution in [2.45, 2.75) is 32.9 Å². The number of H-pyrrole nitrogens is 1. The summed E-state index contributed by atoms with van der Waals surface area (Å²) in [6, 6.07) is 6.72. The summed E-state index contributed by atoms with van der Waals surface area (Å²) in [6.07, 6.45) is 1.70. The first-order valence-electron chi connectivity index (χ1n) is 9.48. The number of piperazine rings is 1. The van der Waals surface area contributed by atoms with E-state index in [0.717, 1.165) is 15.9 Å². The number of carbonyl (C=O) groups is 2. The van der Waals surface area contributed by atoms with Crippen molar-refractivity contribution >= 4 is 11.8 Å². The predicted molar refractivity (Wildman–Crippen MR) is 106 cm³/mol. The number of ether oxygens (including phenoxy) is 1. The topological polar surface area (TPSA) is 114 Å². The average molecular weight is 400 g/mol. The normalized spacial score (nSPS) is 16.4. The van der Waals surface area contributed by atoms with Crippen LogP contribution >= 0.6 is 0 Å². The van der Waals surface area contributed by atoms with Crippen LogP contribution in [0.1, 0.15) is 18.1 Å². The molecule has 1 aromatic heterocycles. The number of amides is 2. The van der Waals surface area contributed by atoms with Gasteiger partial charge in [-0.05, 0) is 31.5 Å². The third-order valence-electron chi connectivity index (χ3n) is 4.81. The molecule has 2 aromatic rings. The molecule has 0 saturated carbocycles. The van der Waals surface area contributed by atoms with E-state index < -0.39 is 17.3 Å². The van der Waals surface area contributed by atoms with Crippen LogP contribution in [0.4, 0.5) is 0 Å². The van der Waals surface area contributed by atoms with Crippen molar-refractivity contribution in [1.29, 1.82) is 0 Å². The van der Waals surface area contributed by atoms with Crippen molar-refractivity contribution in [1.82, 2.24) is 19.8 Å². The first-order valence-corrected chi connectivity index (χ1v) is 9.48. The number of nitrogens with one attached hydrogen (secondary N) is 2. The van der Waals surface area contributed by atoms with Gasteiger partial charge in [-0.15, -0.1) is 0 Å². The average Bonchev–Trinajstić information content (AvgIpc) is 2.69. The van der Waals surface area contributed by atoms with Crippen molar-refractivity contribution in [2.75, 3.05) is 19.7 Å². The van der Waals surface area contributed by atoms with Crippen LogP contribution in [0, 0.1) is 6.92 Å². The molecule has 0 bridgehead atoms. The second-order valence-corrected chi connectivity index (χ2v) is 6.87. The highest BCUT2D eigenvalue weighted by Crippen LogP contribution is 2.17. The molecule has 2 N–H and O–H groups in total. The second-order valence-electron chi connectivity index (χ2n) is 6.87. The standard InChI is InChI=1S/C20H24N4O5/c1-3-29-15-6-4-14(5-7-15)10-16-19(27)21-8-9-24(16)17(25)12-23-11-13(2)18(26)22-20(23)28/h4-7,11,16H,3,8-10,12H2,1-2H3,(H,21,27)(H,22,26,28). The van der Waals surface area contributed by atoms with Crippen LogP contribution in [0.2, 0.25) is 0 Å². The number of rotatable bonds is 6. The van der Waals surface area contributed by atoms with E-state index in [-0.39, 0.29) is 18.4 Å². The minimum Gasteiger partial charge on any atom is -0.494 e. The molecule has 1 aliphatic heterocycles. The summed E-state index contributed by atoms with van der Waals surface area (Å²) in [4.78, 5) is 52.5. The largest absolute Gasteiger partial charge is 0.494 e. The van der Waals surface area contributed by atoms with E-state index >= 15 is 0 Å². The molecule has 0 spiro atoms. The summed E-state index contributed by atoms with van der Waals surface area (Å²) in [7, 11) is 0. The Hall–Kier alpha value is -3.36. The number of nitrogens with zero attached hydrogens (tertiary/aromatic N) is 2. The Balaban J connectivity index is 1.78. The van der Waals surface area contributed by atoms with Crippen molar-refractivity contribution in [3.05, 3.63) is 62.4 Å². The fourth-order valence-corrected chi connectivity index (χ4v) is 3.30. The lowest BCUT2D eigenvalue weighted by molar-refractivity contribution is -0.143. The second kappa shape index (κ2) is 8.76. The van der Waals surface area contributed by atoms with Gasteiger partial charge in [0.05, 0.1) is 6.61 Å². The van der Waals surface area contributed by atoms with Gasteiger partial charge in [0.1, 0.15) is 18.3 Å². The van der Waals surface area contributed by atoms with Crippen LogP contribution < -0.4 is 21.3 Å². The maximum absolute atomic E-state index is 12.9. The summed E-state index contributed by atoms with van der Waals surface area (Å²) in [5.41, 5.74) is 0.0907. The van der Waals surface area contributed by atoms with Gasteiger partial charge >= 0.3 is 5.69 Å². The van der Waals surface area contributed by atoms with Gasteiger partial charge in [-0.25, -0.2) is 4.79 Å². The van der Waals surface area contributed by atoms with E-state index in [2.05, 4.69) is 10.3 Å². The van der Waals surface area contributed by atoms with Gasteiger partial charge in [-0.3, -0.25) is 23.9 Å². The van der Waals surface area contributed by atoms with Gasteiger partial charge in [-0.1, -0.05) is 12.1 Å². The number of aromatic nitrogens is 2. The lowest BCUT2D eigenvalue weighted by atomic mass is 10.0. The lowest BCUT2D eigenvalue weighted by Crippen LogP contribution is -2.58. The Morgan fingerprint density at radius 3 is 2.62 bits per heavy atom. The Morgan fingerprint density at radius 2 is 1.93 bits per heavy atom. The Labute approximate surface area is 167 Å². The van der Waals surface area contributed by atoms with Gasteiger partial charge in [0.15, 0.2) is 0 Å². The van der Waals surface area contributed by atoms with Crippen LogP contribution in [0.15, 0.2) is 40.1 Å². The van der Waals surface area contributed by atoms with E-state index in [1.54, 1.807) is 6.92 Å². The van der Waals surface area contributed by atoms with E-state index in [4.69, 9.17) is 4.74 Å². The maximum Gasteiger partial charge on any atom is 0.328 e. The van der Waals surface area contributed by atoms with Crippen LogP contribution in [-0.4, -0.2) is 52.0 Å². The van der Waals surface area contributed by atoms with Gasteiger partial charge in [0.25, 0.3) is 5.56 Å². The molecule has 2 heterocycles. The molecule has 1 aromatic carbocycles. The summed E-state index contributed by atoms with van der Waals surface area (Å²) < 4.78 is 6.58. The summed E-state index contributed by atoms with van der Waals surface area (Å²) in [5, 5.41) is 2.79. The molecule has 1 unspecified atom stereocenters. The van der Waals surface area contributed by atoms with Crippen LogP contribution in [0.5, 0.6) is 5.75 Å². The molecule has 1 atom stereocenters. The van der Waals surface area contributed by atoms with E-state index in [1.807, 2.05) is 31.2 Å². The molecule has 9 heteroatoms. The lowest BCUT2D eigenvalue weighted by Gasteiger charge is -2.35. The molecule has 1 aliphatic rings. The zero-order chi connectivity index (χ0) is 21.0. The number of carbonyl (C=O) groups excluding carboxylic acids is 2. The molecule has 0 radical (unpaired) electrons. The number of aryl methyl sites for hydroxylation is 1. The quantitative estimate of drug-likeness (QED) is 0.698. The molecule has 1 saturated heterocycles. The third kappa shape index (κ3) is 4.74. The molecule has 2 amide bonds. The smallest absolute Gasteiger partial charge is 0.328 e. The third-order valence-corrected chi connectivity index (χ3v) is 4.81. The van der Waals surface area contributed by atoms with Crippen LogP contribution in [0.25, 0.3) is 0 Å². The van der Waals surface area contributed by atoms with Crippen LogP contribution in [-0.2, 0) is 22.6 Å². The molecule has 9 nitrogen and oxygen atoms in total. The first-order chi connectivity index (χ1) is 13.9. The fraction of sp³-hybridized carbons (Fsp3) is 0.400. The van der Waals surface area contributed by atoms with Gasteiger partial charge < -0.3 is 15.0 Å². The summed E-state index contributed by atoms with van der Waals surface area (Å²) in [5.74, 6) is 0.151. The fourth-order valence-electron chi connectivity index (χ4n) is 3.30. The molecule has 1 fully saturated rings. The Kier molecular flexibility index (Phi) is 6.16. The van der Waals surface area contributed by atoms with E-state index in [1.165, 1.54) is 11.1 Å². The zero-order valence-electron chi connectivity index (χ0n) is 16.4. The minimum absolute atomic E-state index is 0.233. The molecular formula is C20H24N4O5. The highest BCUT2D eigenvalue weighted by atomic mass is 16.5.